The second-order valence-corrected chi connectivity index (χ2v) is 8.22. The van der Waals surface area contributed by atoms with E-state index in [9.17, 15) is 4.79 Å². The number of benzene rings is 2. The van der Waals surface area contributed by atoms with E-state index in [4.69, 9.17) is 11.6 Å². The summed E-state index contributed by atoms with van der Waals surface area (Å²) >= 11 is 6.31. The molecule has 3 unspecified atom stereocenters. The van der Waals surface area contributed by atoms with Gasteiger partial charge in [-0.1, -0.05) is 47.5 Å². The molecule has 1 amide bonds. The van der Waals surface area contributed by atoms with Crippen molar-refractivity contribution in [3.63, 3.8) is 0 Å². The van der Waals surface area contributed by atoms with Crippen LogP contribution in [0.25, 0.3) is 0 Å². The zero-order chi connectivity index (χ0) is 19.7. The number of carbonyl (C=O) groups is 1. The lowest BCUT2D eigenvalue weighted by molar-refractivity contribution is -0.134. The first-order valence-electron chi connectivity index (χ1n) is 9.90. The fourth-order valence-electron chi connectivity index (χ4n) is 4.18. The van der Waals surface area contributed by atoms with Gasteiger partial charge in [-0.05, 0) is 44.0 Å². The normalized spacial score (nSPS) is 25.2. The average Bonchev–Trinajstić information content (AvgIpc) is 3.18. The molecule has 28 heavy (non-hydrogen) atoms. The Balaban J connectivity index is 1.37. The van der Waals surface area contributed by atoms with Crippen molar-refractivity contribution in [1.82, 2.24) is 15.8 Å². The molecule has 2 fully saturated rings. The Bertz CT molecular complexity index is 841. The minimum atomic E-state index is -0.223. The molecule has 0 aromatic heterocycles. The van der Waals surface area contributed by atoms with E-state index < -0.39 is 0 Å². The summed E-state index contributed by atoms with van der Waals surface area (Å²) in [6, 6.07) is 16.5. The summed E-state index contributed by atoms with van der Waals surface area (Å²) < 4.78 is 0. The molecular formula is C22H27ClN4O. The van der Waals surface area contributed by atoms with Gasteiger partial charge in [0.25, 0.3) is 0 Å². The lowest BCUT2D eigenvalue weighted by Gasteiger charge is -2.42. The zero-order valence-electron chi connectivity index (χ0n) is 16.4. The molecule has 2 aliphatic heterocycles. The smallest absolute Gasteiger partial charge is 0.241 e. The number of anilines is 1. The molecule has 5 nitrogen and oxygen atoms in total. The van der Waals surface area contributed by atoms with Crippen LogP contribution in [0, 0.1) is 6.92 Å². The Kier molecular flexibility index (Phi) is 5.58. The maximum atomic E-state index is 13.1. The number of nitrogens with one attached hydrogen (secondary N) is 2. The first kappa shape index (κ1) is 19.2. The molecule has 148 valence electrons. The largest absolute Gasteiger partial charge is 0.365 e. The standard InChI is InChI=1S/C22H27ClN4O/c1-15-7-9-17(10-8-15)27-12-11-26(14-16(27)2)22(28)21-13-20(24-25-21)18-5-3-4-6-19(18)23/h3-10,16,20-21,24-25H,11-14H2,1-2H3. The monoisotopic (exact) mass is 398 g/mol. The Morgan fingerprint density at radius 3 is 2.54 bits per heavy atom. The predicted molar refractivity (Wildman–Crippen MR) is 113 cm³/mol. The fourth-order valence-corrected chi connectivity index (χ4v) is 4.45. The summed E-state index contributed by atoms with van der Waals surface area (Å²) in [5, 5.41) is 0.732. The van der Waals surface area contributed by atoms with E-state index in [2.05, 4.69) is 53.9 Å². The summed E-state index contributed by atoms with van der Waals surface area (Å²) in [4.78, 5) is 17.4. The van der Waals surface area contributed by atoms with Gasteiger partial charge in [-0.15, -0.1) is 0 Å². The van der Waals surface area contributed by atoms with Crippen LogP contribution >= 0.6 is 11.6 Å². The number of hydrazine groups is 1. The van der Waals surface area contributed by atoms with Crippen molar-refractivity contribution >= 4 is 23.2 Å². The van der Waals surface area contributed by atoms with Crippen molar-refractivity contribution in [2.75, 3.05) is 24.5 Å². The average molecular weight is 399 g/mol. The number of aryl methyl sites for hydroxylation is 1. The molecule has 2 aromatic carbocycles. The van der Waals surface area contributed by atoms with Gasteiger partial charge in [0, 0.05) is 42.4 Å². The molecule has 4 rings (SSSR count). The van der Waals surface area contributed by atoms with Crippen LogP contribution in [0.1, 0.15) is 30.5 Å². The Labute approximate surface area is 171 Å². The van der Waals surface area contributed by atoms with Gasteiger partial charge in [0.2, 0.25) is 5.91 Å². The van der Waals surface area contributed by atoms with Gasteiger partial charge in [0.05, 0.1) is 0 Å². The van der Waals surface area contributed by atoms with E-state index in [1.165, 1.54) is 11.3 Å². The molecule has 2 aliphatic rings. The zero-order valence-corrected chi connectivity index (χ0v) is 17.1. The van der Waals surface area contributed by atoms with Crippen molar-refractivity contribution in [3.05, 3.63) is 64.7 Å². The highest BCUT2D eigenvalue weighted by atomic mass is 35.5. The molecule has 0 aliphatic carbocycles. The molecule has 6 heteroatoms. The highest BCUT2D eigenvalue weighted by Gasteiger charge is 2.36. The Morgan fingerprint density at radius 2 is 1.82 bits per heavy atom. The molecule has 0 bridgehead atoms. The molecule has 2 heterocycles. The van der Waals surface area contributed by atoms with Crippen LogP contribution < -0.4 is 15.8 Å². The van der Waals surface area contributed by atoms with Crippen LogP contribution in [0.15, 0.2) is 48.5 Å². The Morgan fingerprint density at radius 1 is 1.07 bits per heavy atom. The number of nitrogens with zero attached hydrogens (tertiary/aromatic N) is 2. The lowest BCUT2D eigenvalue weighted by Crippen LogP contribution is -2.57. The number of amides is 1. The van der Waals surface area contributed by atoms with Gasteiger partial charge in [0.1, 0.15) is 6.04 Å². The highest BCUT2D eigenvalue weighted by molar-refractivity contribution is 6.31. The third kappa shape index (κ3) is 3.88. The summed E-state index contributed by atoms with van der Waals surface area (Å²) in [6.07, 6.45) is 0.703. The summed E-state index contributed by atoms with van der Waals surface area (Å²) in [6.45, 7) is 6.62. The minimum absolute atomic E-state index is 0.0499. The van der Waals surface area contributed by atoms with Crippen LogP contribution in [0.2, 0.25) is 5.02 Å². The first-order valence-corrected chi connectivity index (χ1v) is 10.3. The Hall–Kier alpha value is -2.08. The van der Waals surface area contributed by atoms with Crippen LogP contribution in [-0.4, -0.2) is 42.5 Å². The summed E-state index contributed by atoms with van der Waals surface area (Å²) in [5.74, 6) is 0.164. The number of carbonyl (C=O) groups excluding carboxylic acids is 1. The van der Waals surface area contributed by atoms with Gasteiger partial charge >= 0.3 is 0 Å². The van der Waals surface area contributed by atoms with Gasteiger partial charge < -0.3 is 9.80 Å². The van der Waals surface area contributed by atoms with E-state index >= 15 is 0 Å². The predicted octanol–water partition coefficient (Wildman–Crippen LogP) is 3.29. The van der Waals surface area contributed by atoms with Gasteiger partial charge in [-0.25, -0.2) is 10.9 Å². The number of hydrogen-bond acceptors (Lipinski definition) is 4. The first-order chi connectivity index (χ1) is 13.5. The van der Waals surface area contributed by atoms with E-state index in [-0.39, 0.29) is 24.0 Å². The van der Waals surface area contributed by atoms with E-state index in [0.717, 1.165) is 30.2 Å². The van der Waals surface area contributed by atoms with Crippen molar-refractivity contribution in [2.24, 2.45) is 0 Å². The molecule has 2 aromatic rings. The SMILES string of the molecule is Cc1ccc(N2CCN(C(=O)C3CC(c4ccccc4Cl)NN3)CC2C)cc1. The van der Waals surface area contributed by atoms with Crippen molar-refractivity contribution in [1.29, 1.82) is 0 Å². The minimum Gasteiger partial charge on any atom is -0.365 e. The molecule has 2 saturated heterocycles. The summed E-state index contributed by atoms with van der Waals surface area (Å²) in [5.41, 5.74) is 9.94. The maximum Gasteiger partial charge on any atom is 0.241 e. The van der Waals surface area contributed by atoms with Gasteiger partial charge in [0.15, 0.2) is 0 Å². The second kappa shape index (κ2) is 8.11. The number of hydrogen-bond donors (Lipinski definition) is 2. The van der Waals surface area contributed by atoms with Crippen molar-refractivity contribution < 1.29 is 4.79 Å². The molecule has 2 N–H and O–H groups in total. The van der Waals surface area contributed by atoms with Crippen LogP contribution in [0.3, 0.4) is 0 Å². The third-order valence-electron chi connectivity index (χ3n) is 5.79. The van der Waals surface area contributed by atoms with Crippen molar-refractivity contribution in [3.8, 4) is 0 Å². The highest BCUT2D eigenvalue weighted by Crippen LogP contribution is 2.29. The lowest BCUT2D eigenvalue weighted by atomic mass is 10.0. The van der Waals surface area contributed by atoms with Crippen LogP contribution in [-0.2, 0) is 4.79 Å². The van der Waals surface area contributed by atoms with E-state index in [1.807, 2.05) is 29.2 Å². The fraction of sp³-hybridized carbons (Fsp3) is 0.409. The maximum absolute atomic E-state index is 13.1. The number of halogens is 1. The van der Waals surface area contributed by atoms with E-state index in [0.29, 0.717) is 6.42 Å². The second-order valence-electron chi connectivity index (χ2n) is 7.81. The summed E-state index contributed by atoms with van der Waals surface area (Å²) in [7, 11) is 0. The quantitative estimate of drug-likeness (QED) is 0.832. The molecule has 0 saturated carbocycles. The van der Waals surface area contributed by atoms with Gasteiger partial charge in [-0.2, -0.15) is 0 Å². The van der Waals surface area contributed by atoms with Gasteiger partial charge in [-0.3, -0.25) is 4.79 Å². The molecule has 0 spiro atoms. The topological polar surface area (TPSA) is 47.6 Å². The molecular weight excluding hydrogens is 372 g/mol. The third-order valence-corrected chi connectivity index (χ3v) is 6.13. The van der Waals surface area contributed by atoms with Crippen molar-refractivity contribution in [2.45, 2.75) is 38.4 Å². The molecule has 3 atom stereocenters. The molecule has 0 radical (unpaired) electrons. The van der Waals surface area contributed by atoms with E-state index in [1.54, 1.807) is 0 Å². The van der Waals surface area contributed by atoms with Crippen LogP contribution in [0.4, 0.5) is 5.69 Å². The number of piperazine rings is 1. The number of rotatable bonds is 3. The van der Waals surface area contributed by atoms with Crippen LogP contribution in [0.5, 0.6) is 0 Å².